The standard InChI is InChI=1S/C13H17FN2/c14-11-2-4-13-10(6-11)1-3-12-5-9(7-15)8-16(12)13/h2,4,6,9,12H,1,3,5,7-8,15H2. The van der Waals surface area contributed by atoms with Crippen LogP contribution in [0.25, 0.3) is 0 Å². The Morgan fingerprint density at radius 1 is 1.44 bits per heavy atom. The number of halogens is 1. The lowest BCUT2D eigenvalue weighted by Crippen LogP contribution is -2.34. The highest BCUT2D eigenvalue weighted by atomic mass is 19.1. The molecule has 1 aromatic rings. The van der Waals surface area contributed by atoms with E-state index in [1.807, 2.05) is 6.07 Å². The molecule has 2 aliphatic rings. The topological polar surface area (TPSA) is 29.3 Å². The molecule has 2 aliphatic heterocycles. The summed E-state index contributed by atoms with van der Waals surface area (Å²) in [6, 6.07) is 5.81. The van der Waals surface area contributed by atoms with Crippen molar-refractivity contribution in [3.8, 4) is 0 Å². The van der Waals surface area contributed by atoms with Crippen molar-refractivity contribution in [3.63, 3.8) is 0 Å². The predicted molar refractivity (Wildman–Crippen MR) is 63.0 cm³/mol. The maximum Gasteiger partial charge on any atom is 0.123 e. The van der Waals surface area contributed by atoms with Crippen LogP contribution in [0, 0.1) is 11.7 Å². The Bertz CT molecular complexity index is 405. The van der Waals surface area contributed by atoms with E-state index in [1.54, 1.807) is 12.1 Å². The van der Waals surface area contributed by atoms with E-state index in [2.05, 4.69) is 4.90 Å². The first-order valence-corrected chi connectivity index (χ1v) is 6.03. The van der Waals surface area contributed by atoms with Gasteiger partial charge < -0.3 is 10.6 Å². The fraction of sp³-hybridized carbons (Fsp3) is 0.538. The Labute approximate surface area is 95.2 Å². The zero-order chi connectivity index (χ0) is 11.1. The molecule has 1 fully saturated rings. The molecule has 0 bridgehead atoms. The Kier molecular flexibility index (Phi) is 2.36. The van der Waals surface area contributed by atoms with Crippen molar-refractivity contribution in [3.05, 3.63) is 29.6 Å². The Balaban J connectivity index is 1.94. The molecule has 1 saturated heterocycles. The van der Waals surface area contributed by atoms with Crippen LogP contribution in [0.2, 0.25) is 0 Å². The van der Waals surface area contributed by atoms with Crippen LogP contribution in [-0.2, 0) is 6.42 Å². The number of hydrogen-bond donors (Lipinski definition) is 1. The van der Waals surface area contributed by atoms with Gasteiger partial charge in [-0.3, -0.25) is 0 Å². The summed E-state index contributed by atoms with van der Waals surface area (Å²) in [5.41, 5.74) is 8.14. The average Bonchev–Trinajstić information content (AvgIpc) is 2.71. The SMILES string of the molecule is NCC1CC2CCc3cc(F)ccc3N2C1. The third-order valence-corrected chi connectivity index (χ3v) is 3.93. The second kappa shape index (κ2) is 3.74. The maximum atomic E-state index is 13.1. The monoisotopic (exact) mass is 220 g/mol. The fourth-order valence-electron chi connectivity index (χ4n) is 3.11. The van der Waals surface area contributed by atoms with Crippen LogP contribution in [0.3, 0.4) is 0 Å². The summed E-state index contributed by atoms with van der Waals surface area (Å²) >= 11 is 0. The van der Waals surface area contributed by atoms with E-state index in [9.17, 15) is 4.39 Å². The largest absolute Gasteiger partial charge is 0.368 e. The molecule has 2 atom stereocenters. The molecule has 0 spiro atoms. The molecule has 3 rings (SSSR count). The zero-order valence-electron chi connectivity index (χ0n) is 9.32. The highest BCUT2D eigenvalue weighted by Gasteiger charge is 2.34. The van der Waals surface area contributed by atoms with Crippen molar-refractivity contribution in [2.45, 2.75) is 25.3 Å². The number of aryl methyl sites for hydroxylation is 1. The smallest absolute Gasteiger partial charge is 0.123 e. The first kappa shape index (κ1) is 10.1. The number of nitrogens with zero attached hydrogens (tertiary/aromatic N) is 1. The molecular formula is C13H17FN2. The lowest BCUT2D eigenvalue weighted by molar-refractivity contribution is 0.535. The van der Waals surface area contributed by atoms with Crippen LogP contribution < -0.4 is 10.6 Å². The van der Waals surface area contributed by atoms with Crippen LogP contribution in [0.5, 0.6) is 0 Å². The number of fused-ring (bicyclic) bond motifs is 3. The quantitative estimate of drug-likeness (QED) is 0.783. The molecule has 0 radical (unpaired) electrons. The van der Waals surface area contributed by atoms with Gasteiger partial charge in [-0.1, -0.05) is 0 Å². The summed E-state index contributed by atoms with van der Waals surface area (Å²) in [6.45, 7) is 1.81. The first-order valence-electron chi connectivity index (χ1n) is 6.03. The van der Waals surface area contributed by atoms with Crippen LogP contribution in [0.15, 0.2) is 18.2 Å². The van der Waals surface area contributed by atoms with Crippen molar-refractivity contribution < 1.29 is 4.39 Å². The summed E-state index contributed by atoms with van der Waals surface area (Å²) in [6.07, 6.45) is 3.35. The lowest BCUT2D eigenvalue weighted by atomic mass is 9.95. The molecule has 2 unspecified atom stereocenters. The second-order valence-electron chi connectivity index (χ2n) is 4.96. The number of hydrogen-bond acceptors (Lipinski definition) is 2. The summed E-state index contributed by atoms with van der Waals surface area (Å²) in [7, 11) is 0. The molecule has 0 saturated carbocycles. The number of anilines is 1. The minimum absolute atomic E-state index is 0.119. The van der Waals surface area contributed by atoms with Gasteiger partial charge in [-0.25, -0.2) is 4.39 Å². The molecule has 0 amide bonds. The van der Waals surface area contributed by atoms with Gasteiger partial charge in [0, 0.05) is 18.3 Å². The van der Waals surface area contributed by atoms with E-state index in [0.29, 0.717) is 12.0 Å². The molecule has 0 aromatic heterocycles. The third kappa shape index (κ3) is 1.50. The van der Waals surface area contributed by atoms with E-state index >= 15 is 0 Å². The second-order valence-corrected chi connectivity index (χ2v) is 4.96. The Morgan fingerprint density at radius 2 is 2.31 bits per heavy atom. The maximum absolute atomic E-state index is 13.1. The van der Waals surface area contributed by atoms with Gasteiger partial charge in [-0.05, 0) is 55.5 Å². The summed E-state index contributed by atoms with van der Waals surface area (Å²) in [5.74, 6) is 0.493. The van der Waals surface area contributed by atoms with Crippen LogP contribution in [-0.4, -0.2) is 19.1 Å². The van der Waals surface area contributed by atoms with Crippen molar-refractivity contribution >= 4 is 5.69 Å². The van der Waals surface area contributed by atoms with Crippen molar-refractivity contribution in [2.75, 3.05) is 18.0 Å². The van der Waals surface area contributed by atoms with E-state index in [4.69, 9.17) is 5.73 Å². The molecule has 2 heterocycles. The van der Waals surface area contributed by atoms with Gasteiger partial charge in [-0.15, -0.1) is 0 Å². The highest BCUT2D eigenvalue weighted by molar-refractivity contribution is 5.57. The number of benzene rings is 1. The van der Waals surface area contributed by atoms with Crippen LogP contribution >= 0.6 is 0 Å². The molecule has 3 heteroatoms. The van der Waals surface area contributed by atoms with E-state index in [0.717, 1.165) is 31.5 Å². The fourth-order valence-corrected chi connectivity index (χ4v) is 3.11. The molecular weight excluding hydrogens is 203 g/mol. The van der Waals surface area contributed by atoms with Crippen LogP contribution in [0.4, 0.5) is 10.1 Å². The van der Waals surface area contributed by atoms with Gasteiger partial charge >= 0.3 is 0 Å². The van der Waals surface area contributed by atoms with Gasteiger partial charge in [0.05, 0.1) is 0 Å². The molecule has 1 aromatic carbocycles. The van der Waals surface area contributed by atoms with Gasteiger partial charge in [0.2, 0.25) is 0 Å². The van der Waals surface area contributed by atoms with E-state index in [1.165, 1.54) is 12.1 Å². The first-order chi connectivity index (χ1) is 7.78. The number of rotatable bonds is 1. The molecule has 2 N–H and O–H groups in total. The minimum atomic E-state index is -0.119. The Morgan fingerprint density at radius 3 is 3.12 bits per heavy atom. The third-order valence-electron chi connectivity index (χ3n) is 3.93. The van der Waals surface area contributed by atoms with E-state index < -0.39 is 0 Å². The average molecular weight is 220 g/mol. The summed E-state index contributed by atoms with van der Waals surface area (Å²) in [4.78, 5) is 2.43. The van der Waals surface area contributed by atoms with Crippen LogP contribution in [0.1, 0.15) is 18.4 Å². The zero-order valence-corrected chi connectivity index (χ0v) is 9.32. The molecule has 86 valence electrons. The molecule has 2 nitrogen and oxygen atoms in total. The van der Waals surface area contributed by atoms with Crippen molar-refractivity contribution in [1.82, 2.24) is 0 Å². The lowest BCUT2D eigenvalue weighted by Gasteiger charge is -2.33. The summed E-state index contributed by atoms with van der Waals surface area (Å²) < 4.78 is 13.1. The minimum Gasteiger partial charge on any atom is -0.368 e. The normalized spacial score (nSPS) is 27.8. The van der Waals surface area contributed by atoms with Gasteiger partial charge in [0.1, 0.15) is 5.82 Å². The molecule has 0 aliphatic carbocycles. The highest BCUT2D eigenvalue weighted by Crippen LogP contribution is 2.38. The van der Waals surface area contributed by atoms with Gasteiger partial charge in [0.25, 0.3) is 0 Å². The van der Waals surface area contributed by atoms with Gasteiger partial charge in [0.15, 0.2) is 0 Å². The van der Waals surface area contributed by atoms with Crippen molar-refractivity contribution in [1.29, 1.82) is 0 Å². The number of nitrogens with two attached hydrogens (primary N) is 1. The van der Waals surface area contributed by atoms with Crippen molar-refractivity contribution in [2.24, 2.45) is 11.7 Å². The Hall–Kier alpha value is -1.09. The van der Waals surface area contributed by atoms with E-state index in [-0.39, 0.29) is 5.82 Å². The predicted octanol–water partition coefficient (Wildman–Crippen LogP) is 1.93. The summed E-state index contributed by atoms with van der Waals surface area (Å²) in [5, 5.41) is 0. The van der Waals surface area contributed by atoms with Gasteiger partial charge in [-0.2, -0.15) is 0 Å². The molecule has 16 heavy (non-hydrogen) atoms.